The van der Waals surface area contributed by atoms with E-state index >= 15 is 4.79 Å². The molecule has 2 aliphatic rings. The Bertz CT molecular complexity index is 2570. The number of nitrogens with one attached hydrogen (secondary N) is 2. The molecule has 3 aromatic carbocycles. The van der Waals surface area contributed by atoms with Gasteiger partial charge in [-0.3, -0.25) is 20.0 Å². The SMILES string of the molecule is CC(C)(C)C[C@]1(c2ccc3c(C(F)F)nccc3c2)N=C(NC(=O)OCc2ccccc2)N([C@H](COC(=O)NC2(C(F)(F)F)CC2)c2ccc(Cl)c(-n3ncnc3C(F)F)c2)C1=O. The number of alkyl halides is 7. The first-order chi connectivity index (χ1) is 29.7. The second kappa shape index (κ2) is 17.1. The summed E-state index contributed by atoms with van der Waals surface area (Å²) in [4.78, 5) is 55.6. The third-order valence-electron chi connectivity index (χ3n) is 10.5. The second-order valence-corrected chi connectivity index (χ2v) is 16.6. The Labute approximate surface area is 359 Å². The number of benzene rings is 3. The van der Waals surface area contributed by atoms with Gasteiger partial charge in [0.15, 0.2) is 11.4 Å². The van der Waals surface area contributed by atoms with E-state index in [1.807, 2.05) is 5.32 Å². The molecule has 1 aliphatic heterocycles. The minimum Gasteiger partial charge on any atom is -0.447 e. The highest BCUT2D eigenvalue weighted by molar-refractivity contribution is 6.32. The van der Waals surface area contributed by atoms with Crippen molar-refractivity contribution in [2.75, 3.05) is 6.61 Å². The van der Waals surface area contributed by atoms with Crippen molar-refractivity contribution < 1.29 is 54.6 Å². The van der Waals surface area contributed by atoms with Gasteiger partial charge >= 0.3 is 18.4 Å². The average molecular weight is 903 g/mol. The van der Waals surface area contributed by atoms with Crippen molar-refractivity contribution in [2.24, 2.45) is 10.4 Å². The van der Waals surface area contributed by atoms with E-state index in [2.05, 4.69) is 20.4 Å². The fourth-order valence-electron chi connectivity index (χ4n) is 7.41. The number of nitrogens with zero attached hydrogens (tertiary/aromatic N) is 6. The lowest BCUT2D eigenvalue weighted by molar-refractivity contribution is -0.164. The van der Waals surface area contributed by atoms with Crippen LogP contribution >= 0.6 is 11.6 Å². The Morgan fingerprint density at radius 1 is 0.905 bits per heavy atom. The van der Waals surface area contributed by atoms with Crippen LogP contribution in [0.3, 0.4) is 0 Å². The standard InChI is InChI=1S/C42H38ClF7N8O5/c1-39(2,3)21-41(26-10-11-27-24(17-26)13-16-51-31(27)32(44)45)35(59)57(36(55-41)54-37(60)62-19-23-7-5-4-6-8-23)30(20-63-38(61)56-40(14-15-40)42(48,49)50)25-9-12-28(43)29(18-25)58-34(33(46)47)52-22-53-58/h4-13,16-18,22,30,32-33H,14-15,19-21H2,1-3H3,(H,56,61)(H,54,55,60)/t30-,41-/m1/s1. The summed E-state index contributed by atoms with van der Waals surface area (Å²) < 4.78 is 110. The molecule has 332 valence electrons. The summed E-state index contributed by atoms with van der Waals surface area (Å²) in [5, 5.41) is 8.49. The molecule has 3 heterocycles. The molecule has 63 heavy (non-hydrogen) atoms. The molecular weight excluding hydrogens is 865 g/mol. The van der Waals surface area contributed by atoms with Crippen LogP contribution in [0.2, 0.25) is 5.02 Å². The topological polar surface area (TPSA) is 153 Å². The fraction of sp³-hybridized carbons (Fsp3) is 0.357. The van der Waals surface area contributed by atoms with Crippen molar-refractivity contribution in [3.63, 3.8) is 0 Å². The molecule has 2 aromatic heterocycles. The smallest absolute Gasteiger partial charge is 0.414 e. The van der Waals surface area contributed by atoms with Crippen LogP contribution in [0.4, 0.5) is 40.3 Å². The van der Waals surface area contributed by atoms with Crippen LogP contribution in [0, 0.1) is 5.41 Å². The molecule has 13 nitrogen and oxygen atoms in total. The van der Waals surface area contributed by atoms with E-state index < -0.39 is 96.6 Å². The Hall–Kier alpha value is -6.31. The van der Waals surface area contributed by atoms with Gasteiger partial charge in [-0.1, -0.05) is 80.9 Å². The monoisotopic (exact) mass is 902 g/mol. The predicted molar refractivity (Wildman–Crippen MR) is 213 cm³/mol. The Morgan fingerprint density at radius 2 is 1.63 bits per heavy atom. The number of rotatable bonds is 12. The van der Waals surface area contributed by atoms with Crippen molar-refractivity contribution in [1.82, 2.24) is 35.3 Å². The number of alkyl carbamates (subject to hydrolysis) is 2. The molecule has 2 atom stereocenters. The summed E-state index contributed by atoms with van der Waals surface area (Å²) in [5.74, 6) is -2.15. The maximum Gasteiger partial charge on any atom is 0.414 e. The van der Waals surface area contributed by atoms with Gasteiger partial charge in [0.05, 0.1) is 16.8 Å². The van der Waals surface area contributed by atoms with E-state index in [-0.39, 0.29) is 45.6 Å². The molecule has 0 bridgehead atoms. The van der Waals surface area contributed by atoms with Gasteiger partial charge in [0.1, 0.15) is 30.8 Å². The summed E-state index contributed by atoms with van der Waals surface area (Å²) >= 11 is 6.50. The molecular formula is C42H38ClF7N8O5. The van der Waals surface area contributed by atoms with Crippen LogP contribution in [0.15, 0.2) is 90.3 Å². The number of hydrogen-bond acceptors (Lipinski definition) is 9. The van der Waals surface area contributed by atoms with E-state index in [0.29, 0.717) is 5.56 Å². The van der Waals surface area contributed by atoms with Gasteiger partial charge in [-0.15, -0.1) is 0 Å². The molecule has 0 unspecified atom stereocenters. The Kier molecular flexibility index (Phi) is 12.1. The molecule has 1 fully saturated rings. The molecule has 5 aromatic rings. The average Bonchev–Trinajstić information content (AvgIpc) is 3.76. The zero-order valence-corrected chi connectivity index (χ0v) is 34.4. The van der Waals surface area contributed by atoms with E-state index in [0.717, 1.165) is 15.9 Å². The zero-order valence-electron chi connectivity index (χ0n) is 33.6. The number of amides is 3. The number of halogens is 8. The maximum atomic E-state index is 15.6. The molecule has 0 spiro atoms. The van der Waals surface area contributed by atoms with Gasteiger partial charge in [0.25, 0.3) is 18.8 Å². The van der Waals surface area contributed by atoms with Gasteiger partial charge < -0.3 is 14.8 Å². The zero-order chi connectivity index (χ0) is 45.5. The highest BCUT2D eigenvalue weighted by Crippen LogP contribution is 2.49. The van der Waals surface area contributed by atoms with Crippen molar-refractivity contribution in [3.05, 3.63) is 119 Å². The molecule has 21 heteroatoms. The van der Waals surface area contributed by atoms with Gasteiger partial charge in [-0.25, -0.2) is 41.8 Å². The molecule has 1 saturated carbocycles. The van der Waals surface area contributed by atoms with Crippen LogP contribution in [-0.4, -0.2) is 67.0 Å². The van der Waals surface area contributed by atoms with Crippen LogP contribution in [0.1, 0.15) is 87.1 Å². The number of fused-ring (bicyclic) bond motifs is 1. The van der Waals surface area contributed by atoms with Crippen molar-refractivity contribution in [2.45, 2.75) is 82.8 Å². The highest BCUT2D eigenvalue weighted by atomic mass is 35.5. The summed E-state index contributed by atoms with van der Waals surface area (Å²) in [7, 11) is 0. The molecule has 1 aliphatic carbocycles. The molecule has 3 amide bonds. The second-order valence-electron chi connectivity index (χ2n) is 16.2. The number of guanidine groups is 1. The first-order valence-corrected chi connectivity index (χ1v) is 19.7. The van der Waals surface area contributed by atoms with Crippen molar-refractivity contribution >= 4 is 46.4 Å². The van der Waals surface area contributed by atoms with Crippen LogP contribution in [0.5, 0.6) is 0 Å². The number of pyridine rings is 1. The quantitative estimate of drug-likeness (QED) is 0.118. The summed E-state index contributed by atoms with van der Waals surface area (Å²) in [6.07, 6.45) is -12.4. The van der Waals surface area contributed by atoms with Gasteiger partial charge in [0.2, 0.25) is 5.96 Å². The molecule has 7 rings (SSSR count). The normalized spacial score (nSPS) is 17.8. The van der Waals surface area contributed by atoms with E-state index in [9.17, 15) is 40.3 Å². The number of carbonyl (C=O) groups is 3. The summed E-state index contributed by atoms with van der Waals surface area (Å²) in [6.45, 7) is 4.25. The van der Waals surface area contributed by atoms with Gasteiger partial charge in [0, 0.05) is 11.6 Å². The van der Waals surface area contributed by atoms with E-state index in [1.54, 1.807) is 51.1 Å². The van der Waals surface area contributed by atoms with Crippen molar-refractivity contribution in [3.8, 4) is 5.69 Å². The maximum absolute atomic E-state index is 15.6. The van der Waals surface area contributed by atoms with Crippen LogP contribution < -0.4 is 10.6 Å². The third kappa shape index (κ3) is 9.26. The summed E-state index contributed by atoms with van der Waals surface area (Å²) in [5.41, 5.74) is -5.17. The van der Waals surface area contributed by atoms with E-state index in [4.69, 9.17) is 26.1 Å². The van der Waals surface area contributed by atoms with Crippen LogP contribution in [-0.2, 0) is 26.4 Å². The minimum absolute atomic E-state index is 0.00639. The number of ether oxygens (including phenoxy) is 2. The van der Waals surface area contributed by atoms with Gasteiger partial charge in [-0.05, 0) is 71.0 Å². The summed E-state index contributed by atoms with van der Waals surface area (Å²) in [6, 6.07) is 16.5. The van der Waals surface area contributed by atoms with Crippen LogP contribution in [0.25, 0.3) is 16.5 Å². The Balaban J connectivity index is 1.38. The van der Waals surface area contributed by atoms with E-state index in [1.165, 1.54) is 48.7 Å². The van der Waals surface area contributed by atoms with Crippen molar-refractivity contribution in [1.29, 1.82) is 0 Å². The highest BCUT2D eigenvalue weighted by Gasteiger charge is 2.65. The number of aliphatic imine (C=N–C) groups is 1. The lowest BCUT2D eigenvalue weighted by Gasteiger charge is -2.35. The lowest BCUT2D eigenvalue weighted by Crippen LogP contribution is -2.51. The predicted octanol–water partition coefficient (Wildman–Crippen LogP) is 9.66. The largest absolute Gasteiger partial charge is 0.447 e. The fourth-order valence-corrected chi connectivity index (χ4v) is 7.60. The molecule has 2 N–H and O–H groups in total. The van der Waals surface area contributed by atoms with Gasteiger partial charge in [-0.2, -0.15) is 18.3 Å². The molecule has 0 saturated heterocycles. The number of hydrogen-bond donors (Lipinski definition) is 2. The number of carbonyl (C=O) groups excluding carboxylic acids is 3. The Morgan fingerprint density at radius 3 is 2.29 bits per heavy atom. The first kappa shape index (κ1) is 44.7. The minimum atomic E-state index is -4.82. The molecule has 0 radical (unpaired) electrons. The first-order valence-electron chi connectivity index (χ1n) is 19.3. The number of aromatic nitrogens is 4. The lowest BCUT2D eigenvalue weighted by atomic mass is 9.75. The third-order valence-corrected chi connectivity index (χ3v) is 10.8.